The second-order valence-corrected chi connectivity index (χ2v) is 6.86. The highest BCUT2D eigenvalue weighted by molar-refractivity contribution is 5.46. The van der Waals surface area contributed by atoms with Crippen molar-refractivity contribution in [2.45, 2.75) is 32.8 Å². The largest absolute Gasteiger partial charge is 0.493 e. The average Bonchev–Trinajstić information content (AvgIpc) is 2.57. The number of aryl methyl sites for hydroxylation is 2. The number of rotatable bonds is 6. The second-order valence-electron chi connectivity index (χ2n) is 6.86. The summed E-state index contributed by atoms with van der Waals surface area (Å²) < 4.78 is 38.8. The lowest BCUT2D eigenvalue weighted by molar-refractivity contribution is 0.0158. The summed E-state index contributed by atoms with van der Waals surface area (Å²) in [4.78, 5) is 0. The monoisotopic (exact) mass is 361 g/mol. The second kappa shape index (κ2) is 8.60. The van der Waals surface area contributed by atoms with Gasteiger partial charge in [-0.1, -0.05) is 17.7 Å². The summed E-state index contributed by atoms with van der Waals surface area (Å²) >= 11 is 0. The predicted molar refractivity (Wildman–Crippen MR) is 97.8 cm³/mol. The molecule has 1 heterocycles. The lowest BCUT2D eigenvalue weighted by atomic mass is 9.99. The molecular weight excluding hydrogens is 336 g/mol. The van der Waals surface area contributed by atoms with Crippen molar-refractivity contribution in [2.75, 3.05) is 26.3 Å². The standard InChI is InChI=1S/C21H25F2NO2/c1-14-7-15(2)21(26-5-3-20-13-24-4-6-25-20)17(8-14)9-16-10-18(22)12-19(23)11-16/h7-8,10-12,20,24H,3-6,9,13H2,1-2H3. The molecule has 1 atom stereocenters. The van der Waals surface area contributed by atoms with Gasteiger partial charge in [0.2, 0.25) is 0 Å². The predicted octanol–water partition coefficient (Wildman–Crippen LogP) is 3.93. The minimum absolute atomic E-state index is 0.162. The SMILES string of the molecule is Cc1cc(C)c(OCCC2CNCCO2)c(Cc2cc(F)cc(F)c2)c1. The van der Waals surface area contributed by atoms with E-state index in [1.54, 1.807) is 0 Å². The highest BCUT2D eigenvalue weighted by atomic mass is 19.1. The molecule has 0 saturated carbocycles. The molecule has 2 aromatic rings. The van der Waals surface area contributed by atoms with Crippen LogP contribution in [-0.4, -0.2) is 32.4 Å². The molecule has 1 unspecified atom stereocenters. The van der Waals surface area contributed by atoms with Crippen LogP contribution in [0.4, 0.5) is 8.78 Å². The van der Waals surface area contributed by atoms with E-state index in [0.717, 1.165) is 54.6 Å². The normalized spacial score (nSPS) is 17.3. The van der Waals surface area contributed by atoms with Crippen LogP contribution in [0.5, 0.6) is 5.75 Å². The Morgan fingerprint density at radius 1 is 1.12 bits per heavy atom. The molecule has 1 aliphatic heterocycles. The van der Waals surface area contributed by atoms with E-state index in [0.29, 0.717) is 18.6 Å². The molecule has 1 aliphatic rings. The molecule has 0 aromatic heterocycles. The summed E-state index contributed by atoms with van der Waals surface area (Å²) in [5.74, 6) is -0.327. The summed E-state index contributed by atoms with van der Waals surface area (Å²) in [6.07, 6.45) is 1.39. The van der Waals surface area contributed by atoms with Crippen LogP contribution in [0.1, 0.15) is 28.7 Å². The molecule has 1 N–H and O–H groups in total. The molecule has 26 heavy (non-hydrogen) atoms. The van der Waals surface area contributed by atoms with Crippen molar-refractivity contribution in [1.29, 1.82) is 0 Å². The first kappa shape index (κ1) is 18.8. The fourth-order valence-corrected chi connectivity index (χ4v) is 3.41. The van der Waals surface area contributed by atoms with Gasteiger partial charge in [-0.15, -0.1) is 0 Å². The van der Waals surface area contributed by atoms with Gasteiger partial charge >= 0.3 is 0 Å². The van der Waals surface area contributed by atoms with Gasteiger partial charge in [0.05, 0.1) is 19.3 Å². The fraction of sp³-hybridized carbons (Fsp3) is 0.429. The third-order valence-corrected chi connectivity index (χ3v) is 4.50. The lowest BCUT2D eigenvalue weighted by Crippen LogP contribution is -2.39. The fourth-order valence-electron chi connectivity index (χ4n) is 3.41. The molecule has 3 nitrogen and oxygen atoms in total. The number of benzene rings is 2. The Kier molecular flexibility index (Phi) is 6.22. The molecule has 140 valence electrons. The zero-order valence-electron chi connectivity index (χ0n) is 15.3. The first-order valence-electron chi connectivity index (χ1n) is 9.01. The molecular formula is C21H25F2NO2. The van der Waals surface area contributed by atoms with Crippen LogP contribution in [0.25, 0.3) is 0 Å². The van der Waals surface area contributed by atoms with Gasteiger partial charge < -0.3 is 14.8 Å². The van der Waals surface area contributed by atoms with Gasteiger partial charge in [0, 0.05) is 32.0 Å². The Hall–Kier alpha value is -1.98. The zero-order valence-corrected chi connectivity index (χ0v) is 15.3. The molecule has 0 radical (unpaired) electrons. The third kappa shape index (κ3) is 5.02. The van der Waals surface area contributed by atoms with Crippen LogP contribution >= 0.6 is 0 Å². The summed E-state index contributed by atoms with van der Waals surface area (Å²) in [7, 11) is 0. The Balaban J connectivity index is 1.73. The zero-order chi connectivity index (χ0) is 18.5. The topological polar surface area (TPSA) is 30.5 Å². The van der Waals surface area contributed by atoms with Crippen LogP contribution in [0, 0.1) is 25.5 Å². The van der Waals surface area contributed by atoms with Crippen molar-refractivity contribution in [3.63, 3.8) is 0 Å². The Morgan fingerprint density at radius 2 is 1.88 bits per heavy atom. The maximum atomic E-state index is 13.5. The van der Waals surface area contributed by atoms with E-state index in [9.17, 15) is 8.78 Å². The number of morpholine rings is 1. The molecule has 0 bridgehead atoms. The first-order chi connectivity index (χ1) is 12.5. The minimum atomic E-state index is -0.561. The highest BCUT2D eigenvalue weighted by Gasteiger charge is 2.15. The number of ether oxygens (including phenoxy) is 2. The van der Waals surface area contributed by atoms with E-state index in [2.05, 4.69) is 11.4 Å². The number of halogens is 2. The van der Waals surface area contributed by atoms with Gasteiger partial charge in [-0.3, -0.25) is 0 Å². The van der Waals surface area contributed by atoms with Gasteiger partial charge in [0.25, 0.3) is 0 Å². The van der Waals surface area contributed by atoms with E-state index >= 15 is 0 Å². The van der Waals surface area contributed by atoms with E-state index in [-0.39, 0.29) is 6.10 Å². The van der Waals surface area contributed by atoms with E-state index in [1.807, 2.05) is 19.9 Å². The van der Waals surface area contributed by atoms with Crippen molar-refractivity contribution >= 4 is 0 Å². The molecule has 1 fully saturated rings. The van der Waals surface area contributed by atoms with Crippen molar-refractivity contribution in [3.05, 3.63) is 64.2 Å². The van der Waals surface area contributed by atoms with E-state index < -0.39 is 11.6 Å². The Bertz CT molecular complexity index is 738. The van der Waals surface area contributed by atoms with Crippen molar-refractivity contribution < 1.29 is 18.3 Å². The van der Waals surface area contributed by atoms with Crippen LogP contribution in [0.3, 0.4) is 0 Å². The van der Waals surface area contributed by atoms with Gasteiger partial charge in [-0.25, -0.2) is 8.78 Å². The molecule has 5 heteroatoms. The van der Waals surface area contributed by atoms with Crippen molar-refractivity contribution in [1.82, 2.24) is 5.32 Å². The van der Waals surface area contributed by atoms with Gasteiger partial charge in [0.1, 0.15) is 17.4 Å². The minimum Gasteiger partial charge on any atom is -0.493 e. The summed E-state index contributed by atoms with van der Waals surface area (Å²) in [5, 5.41) is 3.31. The van der Waals surface area contributed by atoms with Gasteiger partial charge in [0.15, 0.2) is 0 Å². The molecule has 2 aromatic carbocycles. The third-order valence-electron chi connectivity index (χ3n) is 4.50. The Labute approximate surface area is 153 Å². The molecule has 0 spiro atoms. The van der Waals surface area contributed by atoms with Gasteiger partial charge in [-0.05, 0) is 42.7 Å². The van der Waals surface area contributed by atoms with Gasteiger partial charge in [-0.2, -0.15) is 0 Å². The summed E-state index contributed by atoms with van der Waals surface area (Å²) in [6.45, 7) is 7.00. The summed E-state index contributed by atoms with van der Waals surface area (Å²) in [5.41, 5.74) is 3.66. The van der Waals surface area contributed by atoms with Crippen molar-refractivity contribution in [3.8, 4) is 5.75 Å². The van der Waals surface area contributed by atoms with Crippen LogP contribution in [-0.2, 0) is 11.2 Å². The average molecular weight is 361 g/mol. The Morgan fingerprint density at radius 3 is 2.58 bits per heavy atom. The van der Waals surface area contributed by atoms with E-state index in [1.165, 1.54) is 12.1 Å². The van der Waals surface area contributed by atoms with Crippen LogP contribution in [0.2, 0.25) is 0 Å². The van der Waals surface area contributed by atoms with Crippen LogP contribution < -0.4 is 10.1 Å². The number of hydrogen-bond acceptors (Lipinski definition) is 3. The smallest absolute Gasteiger partial charge is 0.126 e. The molecule has 1 saturated heterocycles. The molecule has 3 rings (SSSR count). The highest BCUT2D eigenvalue weighted by Crippen LogP contribution is 2.28. The first-order valence-corrected chi connectivity index (χ1v) is 9.01. The number of nitrogens with one attached hydrogen (secondary N) is 1. The van der Waals surface area contributed by atoms with E-state index in [4.69, 9.17) is 9.47 Å². The summed E-state index contributed by atoms with van der Waals surface area (Å²) in [6, 6.07) is 7.70. The maximum absolute atomic E-state index is 13.5. The van der Waals surface area contributed by atoms with Crippen LogP contribution in [0.15, 0.2) is 30.3 Å². The maximum Gasteiger partial charge on any atom is 0.126 e. The lowest BCUT2D eigenvalue weighted by Gasteiger charge is -2.24. The number of hydrogen-bond donors (Lipinski definition) is 1. The molecule has 0 aliphatic carbocycles. The quantitative estimate of drug-likeness (QED) is 0.846. The molecule has 0 amide bonds. The van der Waals surface area contributed by atoms with Crippen molar-refractivity contribution in [2.24, 2.45) is 0 Å².